The summed E-state index contributed by atoms with van der Waals surface area (Å²) in [5.41, 5.74) is 0.561. The Bertz CT molecular complexity index is 151. The zero-order valence-electron chi connectivity index (χ0n) is 4.96. The number of hydrogen-bond acceptors (Lipinski definition) is 3. The van der Waals surface area contributed by atoms with Crippen molar-refractivity contribution >= 4 is 16.9 Å². The zero-order chi connectivity index (χ0) is 6.69. The largest absolute Gasteiger partial charge is 0.515 e. The van der Waals surface area contributed by atoms with Crippen LogP contribution in [0.2, 0.25) is 0 Å². The normalized spacial score (nSPS) is 24.9. The van der Waals surface area contributed by atoms with E-state index in [2.05, 4.69) is 0 Å². The van der Waals surface area contributed by atoms with Crippen molar-refractivity contribution in [2.75, 3.05) is 5.75 Å². The second-order valence-corrected chi connectivity index (χ2v) is 2.96. The van der Waals surface area contributed by atoms with E-state index in [0.717, 1.165) is 24.9 Å². The zero-order valence-corrected chi connectivity index (χ0v) is 5.78. The van der Waals surface area contributed by atoms with Crippen molar-refractivity contribution in [1.82, 2.24) is 0 Å². The fourth-order valence-electron chi connectivity index (χ4n) is 0.739. The van der Waals surface area contributed by atoms with E-state index >= 15 is 0 Å². The molecule has 1 aliphatic rings. The van der Waals surface area contributed by atoms with E-state index in [0.29, 0.717) is 5.57 Å². The molecule has 1 aliphatic heterocycles. The Labute approximate surface area is 57.9 Å². The summed E-state index contributed by atoms with van der Waals surface area (Å²) in [6, 6.07) is 0. The quantitative estimate of drug-likeness (QED) is 0.413. The summed E-state index contributed by atoms with van der Waals surface area (Å²) in [7, 11) is 0. The van der Waals surface area contributed by atoms with Crippen molar-refractivity contribution in [2.24, 2.45) is 0 Å². The second-order valence-electron chi connectivity index (χ2n) is 1.89. The topological polar surface area (TPSA) is 37.3 Å². The van der Waals surface area contributed by atoms with Crippen LogP contribution in [-0.4, -0.2) is 16.0 Å². The molecule has 1 heterocycles. The van der Waals surface area contributed by atoms with Crippen LogP contribution in [0.15, 0.2) is 11.8 Å². The van der Waals surface area contributed by atoms with Crippen LogP contribution in [0.25, 0.3) is 0 Å². The van der Waals surface area contributed by atoms with E-state index < -0.39 is 0 Å². The Balaban J connectivity index is 2.60. The first-order valence-corrected chi connectivity index (χ1v) is 3.83. The molecule has 0 amide bonds. The monoisotopic (exact) mass is 144 g/mol. The van der Waals surface area contributed by atoms with Crippen molar-refractivity contribution in [3.63, 3.8) is 0 Å². The van der Waals surface area contributed by atoms with Crippen LogP contribution in [-0.2, 0) is 4.79 Å². The molecular formula is C6H8O2S. The van der Waals surface area contributed by atoms with Crippen LogP contribution in [0, 0.1) is 0 Å². The summed E-state index contributed by atoms with van der Waals surface area (Å²) in [5, 5.41) is 8.50. The highest BCUT2D eigenvalue weighted by Gasteiger charge is 2.14. The van der Waals surface area contributed by atoms with Crippen LogP contribution in [0.5, 0.6) is 0 Å². The molecule has 0 aromatic rings. The summed E-state index contributed by atoms with van der Waals surface area (Å²) in [6.45, 7) is 0. The Morgan fingerprint density at radius 1 is 1.67 bits per heavy atom. The van der Waals surface area contributed by atoms with Gasteiger partial charge in [-0.25, -0.2) is 0 Å². The van der Waals surface area contributed by atoms with Gasteiger partial charge >= 0.3 is 0 Å². The van der Waals surface area contributed by atoms with E-state index in [-0.39, 0.29) is 5.12 Å². The molecule has 2 nitrogen and oxygen atoms in total. The molecule has 50 valence electrons. The van der Waals surface area contributed by atoms with Gasteiger partial charge in [-0.3, -0.25) is 4.79 Å². The molecule has 0 saturated carbocycles. The smallest absolute Gasteiger partial charge is 0.218 e. The summed E-state index contributed by atoms with van der Waals surface area (Å²) < 4.78 is 0. The molecule has 0 aliphatic carbocycles. The van der Waals surface area contributed by atoms with Gasteiger partial charge in [-0.2, -0.15) is 0 Å². The average Bonchev–Trinajstić information content (AvgIpc) is 1.89. The lowest BCUT2D eigenvalue weighted by molar-refractivity contribution is -0.108. The Kier molecular flexibility index (Phi) is 2.16. The molecule has 1 rings (SSSR count). The molecule has 0 aromatic heterocycles. The lowest BCUT2D eigenvalue weighted by Crippen LogP contribution is -2.05. The average molecular weight is 144 g/mol. The number of aliphatic hydroxyl groups is 1. The molecule has 1 fully saturated rings. The third-order valence-corrected chi connectivity index (χ3v) is 2.26. The first-order chi connectivity index (χ1) is 4.34. The highest BCUT2D eigenvalue weighted by Crippen LogP contribution is 2.22. The minimum Gasteiger partial charge on any atom is -0.515 e. The van der Waals surface area contributed by atoms with Gasteiger partial charge in [0.2, 0.25) is 5.12 Å². The molecule has 0 spiro atoms. The molecule has 1 N–H and O–H groups in total. The summed E-state index contributed by atoms with van der Waals surface area (Å²) in [6.07, 6.45) is 2.67. The molecule has 9 heavy (non-hydrogen) atoms. The third-order valence-electron chi connectivity index (χ3n) is 1.24. The van der Waals surface area contributed by atoms with Gasteiger partial charge in [0.05, 0.1) is 6.26 Å². The highest BCUT2D eigenvalue weighted by molar-refractivity contribution is 8.14. The van der Waals surface area contributed by atoms with E-state index in [9.17, 15) is 4.79 Å². The lowest BCUT2D eigenvalue weighted by atomic mass is 10.2. The van der Waals surface area contributed by atoms with Gasteiger partial charge in [0, 0.05) is 11.3 Å². The Hall–Kier alpha value is -0.440. The van der Waals surface area contributed by atoms with Gasteiger partial charge in [-0.1, -0.05) is 11.8 Å². The fourth-order valence-corrected chi connectivity index (χ4v) is 1.55. The lowest BCUT2D eigenvalue weighted by Gasteiger charge is -2.09. The molecule has 0 aromatic carbocycles. The van der Waals surface area contributed by atoms with Crippen molar-refractivity contribution in [3.05, 3.63) is 11.8 Å². The van der Waals surface area contributed by atoms with Gasteiger partial charge in [-0.15, -0.1) is 0 Å². The van der Waals surface area contributed by atoms with Crippen molar-refractivity contribution in [1.29, 1.82) is 0 Å². The number of aliphatic hydroxyl groups excluding tert-OH is 1. The number of hydrogen-bond donors (Lipinski definition) is 1. The second kappa shape index (κ2) is 2.92. The molecule has 0 bridgehead atoms. The first-order valence-electron chi connectivity index (χ1n) is 2.85. The maximum absolute atomic E-state index is 10.8. The molecule has 1 saturated heterocycles. The van der Waals surface area contributed by atoms with E-state index in [1.54, 1.807) is 0 Å². The minimum absolute atomic E-state index is 0.0313. The maximum atomic E-state index is 10.8. The summed E-state index contributed by atoms with van der Waals surface area (Å²) in [5.74, 6) is 0.899. The van der Waals surface area contributed by atoms with Crippen LogP contribution >= 0.6 is 11.8 Å². The van der Waals surface area contributed by atoms with E-state index in [1.807, 2.05) is 0 Å². The van der Waals surface area contributed by atoms with Crippen molar-refractivity contribution in [2.45, 2.75) is 12.8 Å². The predicted octanol–water partition coefficient (Wildman–Crippen LogP) is 1.48. The van der Waals surface area contributed by atoms with Crippen LogP contribution in [0.3, 0.4) is 0 Å². The van der Waals surface area contributed by atoms with Crippen LogP contribution < -0.4 is 0 Å². The highest BCUT2D eigenvalue weighted by atomic mass is 32.2. The molecular weight excluding hydrogens is 136 g/mol. The van der Waals surface area contributed by atoms with Gasteiger partial charge in [-0.05, 0) is 12.8 Å². The van der Waals surface area contributed by atoms with Crippen molar-refractivity contribution in [3.8, 4) is 0 Å². The van der Waals surface area contributed by atoms with E-state index in [1.165, 1.54) is 11.8 Å². The third kappa shape index (κ3) is 1.48. The van der Waals surface area contributed by atoms with Gasteiger partial charge in [0.15, 0.2) is 0 Å². The summed E-state index contributed by atoms with van der Waals surface area (Å²) >= 11 is 1.28. The van der Waals surface area contributed by atoms with Gasteiger partial charge < -0.3 is 5.11 Å². The van der Waals surface area contributed by atoms with E-state index in [4.69, 9.17) is 5.11 Å². The molecule has 0 radical (unpaired) electrons. The Morgan fingerprint density at radius 2 is 2.44 bits per heavy atom. The summed E-state index contributed by atoms with van der Waals surface area (Å²) in [4.78, 5) is 10.8. The Morgan fingerprint density at radius 3 is 2.89 bits per heavy atom. The first kappa shape index (κ1) is 6.68. The van der Waals surface area contributed by atoms with Crippen LogP contribution in [0.1, 0.15) is 12.8 Å². The standard InChI is InChI=1S/C6H8O2S/c7-4-5-2-1-3-9-6(5)8/h4,7H,1-3H2. The SMILES string of the molecule is O=C1SCCCC1=CO. The van der Waals surface area contributed by atoms with Gasteiger partial charge in [0.1, 0.15) is 0 Å². The number of carbonyl (C=O) groups excluding carboxylic acids is 1. The number of carbonyl (C=O) groups is 1. The molecule has 0 atom stereocenters. The maximum Gasteiger partial charge on any atom is 0.218 e. The predicted molar refractivity (Wildman–Crippen MR) is 37.4 cm³/mol. The molecule has 3 heteroatoms. The van der Waals surface area contributed by atoms with Crippen LogP contribution in [0.4, 0.5) is 0 Å². The fraction of sp³-hybridized carbons (Fsp3) is 0.500. The van der Waals surface area contributed by atoms with Gasteiger partial charge in [0.25, 0.3) is 0 Å². The number of rotatable bonds is 0. The minimum atomic E-state index is 0.0313. The molecule has 0 unspecified atom stereocenters. The van der Waals surface area contributed by atoms with Crippen molar-refractivity contribution < 1.29 is 9.90 Å². The number of thioether (sulfide) groups is 1.